The van der Waals surface area contributed by atoms with E-state index >= 15 is 0 Å². The Morgan fingerprint density at radius 3 is 1.10 bits per heavy atom. The molecular formula is C55H51Cl3N4S8. The Balaban J connectivity index is 0.00000159. The number of nitrogens with zero attached hydrogens (tertiary/aromatic N) is 4. The number of pyridine rings is 2. The minimum atomic E-state index is -0.750. The predicted octanol–water partition coefficient (Wildman–Crippen LogP) is 21.7. The smallest absolute Gasteiger partial charge is 0.180 e. The highest BCUT2D eigenvalue weighted by Gasteiger charge is 2.24. The Kier molecular flexibility index (Phi) is 19.4. The topological polar surface area (TPSA) is 73.4 Å². The lowest BCUT2D eigenvalue weighted by molar-refractivity contribution is 0.764. The molecule has 8 heterocycles. The number of thiophene rings is 6. The second kappa shape index (κ2) is 25.6. The molecule has 0 aliphatic rings. The Morgan fingerprint density at radius 1 is 0.457 bits per heavy atom. The van der Waals surface area contributed by atoms with Gasteiger partial charge >= 0.3 is 0 Å². The molecule has 0 saturated heterocycles. The molecule has 8 aromatic heterocycles. The number of rotatable bonds is 20. The van der Waals surface area contributed by atoms with Crippen molar-refractivity contribution in [3.05, 3.63) is 107 Å². The fourth-order valence-electron chi connectivity index (χ4n) is 8.64. The van der Waals surface area contributed by atoms with Gasteiger partial charge in [-0.2, -0.15) is 10.5 Å². The number of thioether (sulfide) groups is 2. The van der Waals surface area contributed by atoms with E-state index in [2.05, 4.69) is 111 Å². The Bertz CT molecular complexity index is 3070. The van der Waals surface area contributed by atoms with E-state index in [0.717, 1.165) is 92.7 Å². The lowest BCUT2D eigenvalue weighted by atomic mass is 9.97. The predicted molar refractivity (Wildman–Crippen MR) is 316 cm³/mol. The SMILES string of the molecule is CCCCc1c(-c2ccc(SC#N)s2)sc(-c2ccc(-c3cnc4c(ccc5cc(-c6ccc(-c7sc(-c8ccc(SC#N)s8)c(CCCC)c7CCCC)s6)cnc54)c3)s2)c1CCCC.ClC(Cl)Cl. The molecule has 70 heavy (non-hydrogen) atoms. The molecular weight excluding hydrogens is 1080 g/mol. The van der Waals surface area contributed by atoms with E-state index in [1.54, 1.807) is 22.7 Å². The standard InChI is InChI=1S/C54H50N4S8.CHCl3/c1-5-9-13-37-39(15-11-7-3)53(45-23-25-47(63-45)59-31-55)65-51(37)43-21-19-41(61-43)35-27-33-17-18-34-28-36(30-58-50(34)49(33)57-29-35)42-20-22-44(62-42)52-38(14-10-6-2)40(16-12-8-4)54(66-52)46-24-26-48(64-46)60-32-56;2-1(3)4/h17-30H,5-16H2,1-4H3;1H. The third-order valence-electron chi connectivity index (χ3n) is 12.0. The molecule has 0 bridgehead atoms. The van der Waals surface area contributed by atoms with E-state index in [0.29, 0.717) is 0 Å². The van der Waals surface area contributed by atoms with Crippen molar-refractivity contribution in [2.24, 2.45) is 0 Å². The van der Waals surface area contributed by atoms with Gasteiger partial charge in [-0.05, 0) is 134 Å². The van der Waals surface area contributed by atoms with Crippen molar-refractivity contribution in [2.45, 2.75) is 117 Å². The van der Waals surface area contributed by atoms with E-state index in [-0.39, 0.29) is 0 Å². The van der Waals surface area contributed by atoms with Gasteiger partial charge in [0.05, 0.1) is 19.5 Å². The number of aromatic nitrogens is 2. The summed E-state index contributed by atoms with van der Waals surface area (Å²) in [5, 5.41) is 25.4. The lowest BCUT2D eigenvalue weighted by Gasteiger charge is -2.08. The first-order chi connectivity index (χ1) is 34.2. The van der Waals surface area contributed by atoms with Crippen LogP contribution in [0.5, 0.6) is 0 Å². The number of hydrogen-bond acceptors (Lipinski definition) is 12. The van der Waals surface area contributed by atoms with Crippen molar-refractivity contribution < 1.29 is 0 Å². The van der Waals surface area contributed by atoms with E-state index in [4.69, 9.17) is 44.8 Å². The normalized spacial score (nSPS) is 11.4. The zero-order chi connectivity index (χ0) is 49.1. The summed E-state index contributed by atoms with van der Waals surface area (Å²) < 4.78 is 1.36. The molecule has 0 aliphatic heterocycles. The molecule has 1 aromatic carbocycles. The number of thiocyanates is 2. The molecule has 0 amide bonds. The van der Waals surface area contributed by atoms with Crippen molar-refractivity contribution in [1.29, 1.82) is 10.5 Å². The fourth-order valence-corrected chi connectivity index (χ4v) is 17.0. The first kappa shape index (κ1) is 53.1. The molecule has 0 N–H and O–H groups in total. The number of nitriles is 2. The van der Waals surface area contributed by atoms with Crippen LogP contribution in [-0.2, 0) is 25.7 Å². The third-order valence-corrected chi connectivity index (χ3v) is 21.1. The van der Waals surface area contributed by atoms with Crippen LogP contribution in [0.15, 0.2) is 93.6 Å². The summed E-state index contributed by atoms with van der Waals surface area (Å²) in [5.74, 6) is 0. The van der Waals surface area contributed by atoms with Gasteiger partial charge in [0.2, 0.25) is 0 Å². The second-order valence-electron chi connectivity index (χ2n) is 16.7. The zero-order valence-corrected chi connectivity index (χ0v) is 48.1. The van der Waals surface area contributed by atoms with Crippen molar-refractivity contribution in [1.82, 2.24) is 9.97 Å². The zero-order valence-electron chi connectivity index (χ0n) is 39.3. The molecule has 0 radical (unpaired) electrons. The third kappa shape index (κ3) is 12.4. The highest BCUT2D eigenvalue weighted by atomic mass is 35.6. The molecule has 15 heteroatoms. The number of benzene rings is 1. The number of halogens is 3. The highest BCUT2D eigenvalue weighted by Crippen LogP contribution is 2.51. The maximum atomic E-state index is 9.34. The van der Waals surface area contributed by atoms with E-state index < -0.39 is 4.30 Å². The van der Waals surface area contributed by atoms with Crippen molar-refractivity contribution in [3.8, 4) is 70.7 Å². The van der Waals surface area contributed by atoms with Gasteiger partial charge in [-0.25, -0.2) is 0 Å². The van der Waals surface area contributed by atoms with Crippen molar-refractivity contribution >= 4 is 148 Å². The largest absolute Gasteiger partial charge is 0.253 e. The van der Waals surface area contributed by atoms with Gasteiger partial charge in [-0.3, -0.25) is 9.97 Å². The molecule has 4 nitrogen and oxygen atoms in total. The first-order valence-electron chi connectivity index (χ1n) is 23.6. The molecule has 0 atom stereocenters. The van der Waals surface area contributed by atoms with Gasteiger partial charge in [0.1, 0.15) is 10.8 Å². The van der Waals surface area contributed by atoms with Gasteiger partial charge < -0.3 is 0 Å². The first-order valence-corrected chi connectivity index (χ1v) is 31.5. The van der Waals surface area contributed by atoms with Crippen LogP contribution < -0.4 is 0 Å². The summed E-state index contributed by atoms with van der Waals surface area (Å²) in [4.78, 5) is 23.4. The number of unbranched alkanes of at least 4 members (excludes halogenated alkanes) is 4. The monoisotopic (exact) mass is 1130 g/mol. The number of fused-ring (bicyclic) bond motifs is 3. The van der Waals surface area contributed by atoms with Crippen molar-refractivity contribution in [2.75, 3.05) is 0 Å². The molecule has 0 saturated carbocycles. The van der Waals surface area contributed by atoms with Gasteiger partial charge in [0.25, 0.3) is 0 Å². The number of hydrogen-bond donors (Lipinski definition) is 0. The van der Waals surface area contributed by atoms with Crippen LogP contribution in [0.1, 0.15) is 101 Å². The van der Waals surface area contributed by atoms with E-state index in [1.807, 2.05) is 57.7 Å². The Hall–Kier alpha value is -3.21. The van der Waals surface area contributed by atoms with Crippen LogP contribution in [0.3, 0.4) is 0 Å². The van der Waals surface area contributed by atoms with Crippen LogP contribution in [0.25, 0.3) is 81.7 Å². The van der Waals surface area contributed by atoms with Crippen LogP contribution in [0.2, 0.25) is 0 Å². The number of alkyl halides is 3. The Labute approximate surface area is 459 Å². The minimum absolute atomic E-state index is 0.750. The fraction of sp³-hybridized carbons (Fsp3) is 0.309. The second-order valence-corrected chi connectivity index (χ2v) is 27.2. The summed E-state index contributed by atoms with van der Waals surface area (Å²) >= 11 is 28.0. The van der Waals surface area contributed by atoms with Crippen molar-refractivity contribution in [3.63, 3.8) is 0 Å². The van der Waals surface area contributed by atoms with Crippen LogP contribution in [-0.4, -0.2) is 14.3 Å². The molecule has 9 aromatic rings. The quantitative estimate of drug-likeness (QED) is 0.0328. The molecule has 0 unspecified atom stereocenters. The Morgan fingerprint density at radius 2 is 0.771 bits per heavy atom. The molecule has 360 valence electrons. The highest BCUT2D eigenvalue weighted by molar-refractivity contribution is 8.05. The van der Waals surface area contributed by atoms with Gasteiger partial charge in [-0.1, -0.05) is 100 Å². The summed E-state index contributed by atoms with van der Waals surface area (Å²) in [7, 11) is 0. The summed E-state index contributed by atoms with van der Waals surface area (Å²) in [6.45, 7) is 9.12. The summed E-state index contributed by atoms with van der Waals surface area (Å²) in [6, 6.07) is 26.8. The maximum Gasteiger partial charge on any atom is 0.180 e. The van der Waals surface area contributed by atoms with Gasteiger partial charge in [-0.15, -0.1) is 68.0 Å². The van der Waals surface area contributed by atoms with Gasteiger partial charge in [0.15, 0.2) is 4.30 Å². The maximum absolute atomic E-state index is 9.34. The molecule has 9 rings (SSSR count). The van der Waals surface area contributed by atoms with E-state index in [1.165, 1.54) is 120 Å². The minimum Gasteiger partial charge on any atom is -0.253 e. The van der Waals surface area contributed by atoms with E-state index in [9.17, 15) is 10.5 Å². The molecule has 0 spiro atoms. The lowest BCUT2D eigenvalue weighted by Crippen LogP contribution is -1.94. The summed E-state index contributed by atoms with van der Waals surface area (Å²) in [5.41, 5.74) is 10.2. The average molecular weight is 1130 g/mol. The molecule has 0 fully saturated rings. The molecule has 0 aliphatic carbocycles. The summed E-state index contributed by atoms with van der Waals surface area (Å²) in [6.07, 6.45) is 17.8. The van der Waals surface area contributed by atoms with Crippen LogP contribution >= 0.6 is 126 Å². The van der Waals surface area contributed by atoms with Crippen LogP contribution in [0.4, 0.5) is 0 Å². The average Bonchev–Trinajstić information content (AvgIpc) is 4.24. The van der Waals surface area contributed by atoms with Crippen LogP contribution in [0, 0.1) is 21.3 Å². The van der Waals surface area contributed by atoms with Gasteiger partial charge in [0, 0.05) is 107 Å².